The molecule has 1 atom stereocenters. The molecule has 1 N–H and O–H groups in total. The standard InChI is InChI=1S/C18H22ClN/c1-4-10-20-18(15-6-5-7-16(19)12-15)17-9-8-13(2)11-14(17)3/h5-9,11-12,18,20H,4,10H2,1-3H3. The van der Waals surface area contributed by atoms with Gasteiger partial charge in [-0.1, -0.05) is 54.4 Å². The van der Waals surface area contributed by atoms with Crippen LogP contribution in [0, 0.1) is 13.8 Å². The molecule has 0 spiro atoms. The summed E-state index contributed by atoms with van der Waals surface area (Å²) < 4.78 is 0. The second kappa shape index (κ2) is 6.92. The Labute approximate surface area is 127 Å². The smallest absolute Gasteiger partial charge is 0.0579 e. The van der Waals surface area contributed by atoms with Crippen LogP contribution >= 0.6 is 11.6 Å². The monoisotopic (exact) mass is 287 g/mol. The zero-order chi connectivity index (χ0) is 14.5. The molecule has 2 aromatic rings. The molecule has 2 heteroatoms. The quantitative estimate of drug-likeness (QED) is 0.812. The predicted molar refractivity (Wildman–Crippen MR) is 87.5 cm³/mol. The van der Waals surface area contributed by atoms with E-state index < -0.39 is 0 Å². The topological polar surface area (TPSA) is 12.0 Å². The minimum absolute atomic E-state index is 0.203. The zero-order valence-corrected chi connectivity index (χ0v) is 13.2. The van der Waals surface area contributed by atoms with Gasteiger partial charge in [0.05, 0.1) is 6.04 Å². The maximum Gasteiger partial charge on any atom is 0.0579 e. The molecule has 0 aliphatic heterocycles. The van der Waals surface area contributed by atoms with Gasteiger partial charge in [-0.15, -0.1) is 0 Å². The summed E-state index contributed by atoms with van der Waals surface area (Å²) in [5.74, 6) is 0. The Morgan fingerprint density at radius 1 is 1.10 bits per heavy atom. The number of benzene rings is 2. The van der Waals surface area contributed by atoms with E-state index >= 15 is 0 Å². The van der Waals surface area contributed by atoms with E-state index in [1.165, 1.54) is 22.3 Å². The molecule has 20 heavy (non-hydrogen) atoms. The van der Waals surface area contributed by atoms with Crippen molar-refractivity contribution in [3.05, 3.63) is 69.7 Å². The minimum atomic E-state index is 0.203. The maximum absolute atomic E-state index is 6.15. The fraction of sp³-hybridized carbons (Fsp3) is 0.333. The minimum Gasteiger partial charge on any atom is -0.306 e. The van der Waals surface area contributed by atoms with Crippen LogP contribution in [0.4, 0.5) is 0 Å². The molecule has 0 amide bonds. The van der Waals surface area contributed by atoms with Crippen LogP contribution in [0.3, 0.4) is 0 Å². The molecule has 0 heterocycles. The lowest BCUT2D eigenvalue weighted by Gasteiger charge is -2.22. The fourth-order valence-corrected chi connectivity index (χ4v) is 2.73. The number of rotatable bonds is 5. The van der Waals surface area contributed by atoms with Gasteiger partial charge in [0.15, 0.2) is 0 Å². The summed E-state index contributed by atoms with van der Waals surface area (Å²) in [5, 5.41) is 4.42. The third kappa shape index (κ3) is 3.62. The van der Waals surface area contributed by atoms with Crippen molar-refractivity contribution in [3.8, 4) is 0 Å². The molecular formula is C18H22ClN. The average molecular weight is 288 g/mol. The van der Waals surface area contributed by atoms with Crippen LogP contribution in [0.25, 0.3) is 0 Å². The van der Waals surface area contributed by atoms with Crippen molar-refractivity contribution < 1.29 is 0 Å². The van der Waals surface area contributed by atoms with Crippen LogP contribution < -0.4 is 5.32 Å². The van der Waals surface area contributed by atoms with Crippen molar-refractivity contribution in [1.82, 2.24) is 5.32 Å². The maximum atomic E-state index is 6.15. The van der Waals surface area contributed by atoms with Crippen LogP contribution in [-0.2, 0) is 0 Å². The van der Waals surface area contributed by atoms with Crippen LogP contribution in [0.1, 0.15) is 41.6 Å². The number of hydrogen-bond donors (Lipinski definition) is 1. The molecule has 0 aliphatic carbocycles. The van der Waals surface area contributed by atoms with E-state index in [2.05, 4.69) is 50.4 Å². The van der Waals surface area contributed by atoms with Gasteiger partial charge < -0.3 is 5.32 Å². The molecule has 0 aromatic heterocycles. The van der Waals surface area contributed by atoms with Gasteiger partial charge in [-0.25, -0.2) is 0 Å². The molecule has 0 saturated carbocycles. The predicted octanol–water partition coefficient (Wildman–Crippen LogP) is 5.05. The summed E-state index contributed by atoms with van der Waals surface area (Å²) in [4.78, 5) is 0. The summed E-state index contributed by atoms with van der Waals surface area (Å²) in [6.07, 6.45) is 1.11. The molecule has 0 fully saturated rings. The molecule has 0 bridgehead atoms. The first-order valence-corrected chi connectivity index (χ1v) is 7.55. The molecule has 2 aromatic carbocycles. The van der Waals surface area contributed by atoms with E-state index in [0.29, 0.717) is 0 Å². The van der Waals surface area contributed by atoms with Crippen LogP contribution in [0.5, 0.6) is 0 Å². The number of hydrogen-bond acceptors (Lipinski definition) is 1. The van der Waals surface area contributed by atoms with Crippen LogP contribution in [0.15, 0.2) is 42.5 Å². The van der Waals surface area contributed by atoms with Crippen LogP contribution in [-0.4, -0.2) is 6.54 Å². The molecule has 0 radical (unpaired) electrons. The zero-order valence-electron chi connectivity index (χ0n) is 12.4. The highest BCUT2D eigenvalue weighted by atomic mass is 35.5. The molecule has 2 rings (SSSR count). The Morgan fingerprint density at radius 2 is 1.90 bits per heavy atom. The summed E-state index contributed by atoms with van der Waals surface area (Å²) in [6, 6.07) is 15.0. The van der Waals surface area contributed by atoms with Gasteiger partial charge in [0.25, 0.3) is 0 Å². The van der Waals surface area contributed by atoms with E-state index in [1.54, 1.807) is 0 Å². The summed E-state index contributed by atoms with van der Waals surface area (Å²) >= 11 is 6.15. The molecule has 106 valence electrons. The lowest BCUT2D eigenvalue weighted by atomic mass is 9.94. The van der Waals surface area contributed by atoms with Crippen molar-refractivity contribution >= 4 is 11.6 Å². The average Bonchev–Trinajstić information content (AvgIpc) is 2.41. The molecule has 1 unspecified atom stereocenters. The van der Waals surface area contributed by atoms with Gasteiger partial charge in [-0.05, 0) is 55.6 Å². The van der Waals surface area contributed by atoms with Gasteiger partial charge in [0, 0.05) is 5.02 Å². The van der Waals surface area contributed by atoms with Gasteiger partial charge in [0.2, 0.25) is 0 Å². The number of aryl methyl sites for hydroxylation is 2. The normalized spacial score (nSPS) is 12.4. The fourth-order valence-electron chi connectivity index (χ4n) is 2.53. The van der Waals surface area contributed by atoms with E-state index in [4.69, 9.17) is 11.6 Å². The number of nitrogens with one attached hydrogen (secondary N) is 1. The van der Waals surface area contributed by atoms with Crippen molar-refractivity contribution in [3.63, 3.8) is 0 Å². The van der Waals surface area contributed by atoms with Crippen molar-refractivity contribution in [2.75, 3.05) is 6.54 Å². The summed E-state index contributed by atoms with van der Waals surface area (Å²) in [6.45, 7) is 7.48. The molecule has 0 aliphatic rings. The van der Waals surface area contributed by atoms with Gasteiger partial charge in [-0.2, -0.15) is 0 Å². The molecular weight excluding hydrogens is 266 g/mol. The van der Waals surface area contributed by atoms with Gasteiger partial charge in [-0.3, -0.25) is 0 Å². The Balaban J connectivity index is 2.41. The second-order valence-electron chi connectivity index (χ2n) is 5.30. The van der Waals surface area contributed by atoms with Crippen molar-refractivity contribution in [2.24, 2.45) is 0 Å². The SMILES string of the molecule is CCCNC(c1cccc(Cl)c1)c1ccc(C)cc1C. The highest BCUT2D eigenvalue weighted by Crippen LogP contribution is 2.27. The largest absolute Gasteiger partial charge is 0.306 e. The third-order valence-corrected chi connectivity index (χ3v) is 3.75. The highest BCUT2D eigenvalue weighted by molar-refractivity contribution is 6.30. The second-order valence-corrected chi connectivity index (χ2v) is 5.74. The van der Waals surface area contributed by atoms with E-state index in [1.807, 2.05) is 18.2 Å². The molecule has 1 nitrogen and oxygen atoms in total. The number of halogens is 1. The van der Waals surface area contributed by atoms with E-state index in [-0.39, 0.29) is 6.04 Å². The lowest BCUT2D eigenvalue weighted by Crippen LogP contribution is -2.24. The Bertz CT molecular complexity index is 577. The summed E-state index contributed by atoms with van der Waals surface area (Å²) in [7, 11) is 0. The molecule has 0 saturated heterocycles. The van der Waals surface area contributed by atoms with Gasteiger partial charge >= 0.3 is 0 Å². The first-order chi connectivity index (χ1) is 9.61. The Kier molecular flexibility index (Phi) is 5.22. The van der Waals surface area contributed by atoms with E-state index in [0.717, 1.165) is 18.0 Å². The van der Waals surface area contributed by atoms with Crippen molar-refractivity contribution in [1.29, 1.82) is 0 Å². The first kappa shape index (κ1) is 15.1. The lowest BCUT2D eigenvalue weighted by molar-refractivity contribution is 0.596. The summed E-state index contributed by atoms with van der Waals surface area (Å²) in [5.41, 5.74) is 5.16. The van der Waals surface area contributed by atoms with E-state index in [9.17, 15) is 0 Å². The highest BCUT2D eigenvalue weighted by Gasteiger charge is 2.15. The van der Waals surface area contributed by atoms with Crippen LogP contribution in [0.2, 0.25) is 5.02 Å². The third-order valence-electron chi connectivity index (χ3n) is 3.52. The Hall–Kier alpha value is -1.31. The van der Waals surface area contributed by atoms with Crippen molar-refractivity contribution in [2.45, 2.75) is 33.2 Å². The first-order valence-electron chi connectivity index (χ1n) is 7.18. The Morgan fingerprint density at radius 3 is 2.55 bits per heavy atom. The van der Waals surface area contributed by atoms with Gasteiger partial charge in [0.1, 0.15) is 0 Å².